The number of hydrogen-bond acceptors (Lipinski definition) is 5. The Bertz CT molecular complexity index is 1240. The van der Waals surface area contributed by atoms with Gasteiger partial charge in [0, 0.05) is 35.4 Å². The van der Waals surface area contributed by atoms with E-state index >= 15 is 0 Å². The molecule has 1 aliphatic rings. The molecule has 1 fully saturated rings. The number of aromatic nitrogens is 2. The van der Waals surface area contributed by atoms with Crippen molar-refractivity contribution < 1.29 is 19.1 Å². The summed E-state index contributed by atoms with van der Waals surface area (Å²) in [4.78, 5) is 42.1. The number of rotatable bonds is 5. The second-order valence-electron chi connectivity index (χ2n) is 7.66. The van der Waals surface area contributed by atoms with Crippen molar-refractivity contribution in [2.75, 3.05) is 11.9 Å². The highest BCUT2D eigenvalue weighted by atomic mass is 79.9. The van der Waals surface area contributed by atoms with E-state index in [0.29, 0.717) is 5.58 Å². The van der Waals surface area contributed by atoms with Crippen molar-refractivity contribution in [1.82, 2.24) is 14.9 Å². The van der Waals surface area contributed by atoms with Crippen LogP contribution in [0.3, 0.4) is 0 Å². The number of carbonyl (C=O) groups is 2. The number of amides is 2. The lowest BCUT2D eigenvalue weighted by atomic mass is 10.1. The third kappa shape index (κ3) is 3.45. The topological polar surface area (TPSA) is 118 Å². The summed E-state index contributed by atoms with van der Waals surface area (Å²) >= 11 is 3.53. The molecular weight excluding hydrogens is 456 g/mol. The second-order valence-corrected chi connectivity index (χ2v) is 8.51. The molecule has 2 N–H and O–H groups in total. The fraction of sp³-hybridized carbons (Fsp3) is 0.400. The van der Waals surface area contributed by atoms with Crippen LogP contribution in [-0.2, 0) is 4.79 Å². The Kier molecular flexibility index (Phi) is 5.05. The van der Waals surface area contributed by atoms with Crippen LogP contribution in [0.2, 0.25) is 0 Å². The van der Waals surface area contributed by atoms with Crippen LogP contribution in [0.25, 0.3) is 22.0 Å². The number of pyridine rings is 1. The first-order chi connectivity index (χ1) is 14.2. The summed E-state index contributed by atoms with van der Waals surface area (Å²) in [6, 6.07) is 3.34. The highest BCUT2D eigenvalue weighted by Crippen LogP contribution is 2.40. The van der Waals surface area contributed by atoms with E-state index in [1.807, 2.05) is 19.1 Å². The number of benzene rings is 1. The number of anilines is 1. The summed E-state index contributed by atoms with van der Waals surface area (Å²) in [6.45, 7) is 3.54. The molecule has 3 aromatic rings. The van der Waals surface area contributed by atoms with Gasteiger partial charge in [0.2, 0.25) is 5.91 Å². The molecule has 0 bridgehead atoms. The van der Waals surface area contributed by atoms with Crippen molar-refractivity contribution in [3.8, 4) is 0 Å². The van der Waals surface area contributed by atoms with Crippen molar-refractivity contribution in [2.45, 2.75) is 45.2 Å². The molecule has 4 rings (SSSR count). The first-order valence-corrected chi connectivity index (χ1v) is 10.4. The van der Waals surface area contributed by atoms with Crippen molar-refractivity contribution in [2.24, 2.45) is 0 Å². The van der Waals surface area contributed by atoms with Gasteiger partial charge in [-0.2, -0.15) is 4.98 Å². The lowest BCUT2D eigenvalue weighted by Crippen LogP contribution is -2.37. The maximum absolute atomic E-state index is 13.2. The minimum Gasteiger partial charge on any atom is -0.465 e. The van der Waals surface area contributed by atoms with Gasteiger partial charge in [-0.25, -0.2) is 4.79 Å². The quantitative estimate of drug-likeness (QED) is 0.581. The van der Waals surface area contributed by atoms with Crippen LogP contribution in [-0.4, -0.2) is 39.7 Å². The Hall–Kier alpha value is -2.88. The first-order valence-electron chi connectivity index (χ1n) is 9.59. The Morgan fingerprint density at radius 2 is 2.13 bits per heavy atom. The Morgan fingerprint density at radius 1 is 1.43 bits per heavy atom. The second kappa shape index (κ2) is 7.42. The monoisotopic (exact) mass is 476 g/mol. The van der Waals surface area contributed by atoms with E-state index in [0.717, 1.165) is 33.8 Å². The fourth-order valence-electron chi connectivity index (χ4n) is 3.61. The number of nitrogens with zero attached hydrogens (tertiary/aromatic N) is 3. The van der Waals surface area contributed by atoms with Gasteiger partial charge in [0.1, 0.15) is 0 Å². The molecule has 10 heteroatoms. The van der Waals surface area contributed by atoms with E-state index in [2.05, 4.69) is 26.2 Å². The number of aryl methyl sites for hydroxylation is 1. The average Bonchev–Trinajstić information content (AvgIpc) is 3.40. The lowest BCUT2D eigenvalue weighted by molar-refractivity contribution is -0.118. The van der Waals surface area contributed by atoms with Crippen LogP contribution in [0.1, 0.15) is 37.8 Å². The average molecular weight is 477 g/mol. The molecule has 0 radical (unpaired) electrons. The standard InChI is InChI=1S/C20H21BrN4O5/c1-9(22-20(28)29)8-14(26)24(3)19-23-15-17(30-19)12-6-7-13(21)10(2)16(12)25(18(15)27)11-4-5-11/h6-7,9,11,22H,4-5,8H2,1-3H3,(H,28,29)/t9-/m1/s1. The first kappa shape index (κ1) is 20.4. The highest BCUT2D eigenvalue weighted by molar-refractivity contribution is 9.10. The van der Waals surface area contributed by atoms with E-state index in [1.54, 1.807) is 11.5 Å². The molecule has 2 aromatic heterocycles. The SMILES string of the molecule is Cc1c(Br)ccc2c3oc(N(C)C(=O)C[C@@H](C)NC(=O)O)nc3c(=O)n(C3CC3)c12. The van der Waals surface area contributed by atoms with Gasteiger partial charge >= 0.3 is 12.1 Å². The van der Waals surface area contributed by atoms with Crippen LogP contribution in [0.4, 0.5) is 10.8 Å². The van der Waals surface area contributed by atoms with Crippen molar-refractivity contribution in [3.05, 3.63) is 32.5 Å². The van der Waals surface area contributed by atoms with Gasteiger partial charge in [-0.1, -0.05) is 15.9 Å². The minimum absolute atomic E-state index is 0.00467. The Balaban J connectivity index is 1.81. The maximum atomic E-state index is 13.2. The van der Waals surface area contributed by atoms with Crippen LogP contribution in [0.15, 0.2) is 25.8 Å². The zero-order valence-corrected chi connectivity index (χ0v) is 18.3. The highest BCUT2D eigenvalue weighted by Gasteiger charge is 2.31. The van der Waals surface area contributed by atoms with E-state index in [1.165, 1.54) is 11.9 Å². The lowest BCUT2D eigenvalue weighted by Gasteiger charge is -2.16. The van der Waals surface area contributed by atoms with Crippen LogP contribution < -0.4 is 15.8 Å². The summed E-state index contributed by atoms with van der Waals surface area (Å²) in [5.41, 5.74) is 2.03. The number of hydrogen-bond donors (Lipinski definition) is 2. The van der Waals surface area contributed by atoms with Crippen molar-refractivity contribution in [1.29, 1.82) is 0 Å². The number of halogens is 1. The van der Waals surface area contributed by atoms with E-state index < -0.39 is 12.1 Å². The van der Waals surface area contributed by atoms with Gasteiger partial charge in [-0.15, -0.1) is 0 Å². The van der Waals surface area contributed by atoms with E-state index in [9.17, 15) is 14.4 Å². The van der Waals surface area contributed by atoms with Crippen LogP contribution in [0, 0.1) is 6.92 Å². The van der Waals surface area contributed by atoms with Crippen molar-refractivity contribution >= 4 is 55.9 Å². The predicted octanol–water partition coefficient (Wildman–Crippen LogP) is 3.56. The molecule has 9 nitrogen and oxygen atoms in total. The molecule has 0 unspecified atom stereocenters. The van der Waals surface area contributed by atoms with Crippen LogP contribution >= 0.6 is 15.9 Å². The van der Waals surface area contributed by atoms with Gasteiger partial charge in [0.15, 0.2) is 11.1 Å². The third-order valence-electron chi connectivity index (χ3n) is 5.31. The van der Waals surface area contributed by atoms with Crippen LogP contribution in [0.5, 0.6) is 0 Å². The molecule has 0 saturated heterocycles. The molecule has 1 saturated carbocycles. The van der Waals surface area contributed by atoms with E-state index in [4.69, 9.17) is 9.52 Å². The number of nitrogens with one attached hydrogen (secondary N) is 1. The summed E-state index contributed by atoms with van der Waals surface area (Å²) in [6.07, 6.45) is 0.600. The number of carboxylic acid groups (broad SMARTS) is 1. The molecule has 0 aliphatic heterocycles. The number of fused-ring (bicyclic) bond motifs is 3. The summed E-state index contributed by atoms with van der Waals surface area (Å²) in [5, 5.41) is 11.8. The largest absolute Gasteiger partial charge is 0.465 e. The van der Waals surface area contributed by atoms with Gasteiger partial charge in [-0.3, -0.25) is 14.5 Å². The summed E-state index contributed by atoms with van der Waals surface area (Å²) in [5.74, 6) is -0.381. The molecule has 158 valence electrons. The smallest absolute Gasteiger partial charge is 0.404 e. The van der Waals surface area contributed by atoms with Crippen molar-refractivity contribution in [3.63, 3.8) is 0 Å². The van der Waals surface area contributed by atoms with Gasteiger partial charge < -0.3 is 19.4 Å². The summed E-state index contributed by atoms with van der Waals surface area (Å²) in [7, 11) is 1.49. The fourth-order valence-corrected chi connectivity index (χ4v) is 3.93. The zero-order chi connectivity index (χ0) is 21.7. The molecule has 30 heavy (non-hydrogen) atoms. The Morgan fingerprint density at radius 3 is 2.77 bits per heavy atom. The molecule has 1 aliphatic carbocycles. The molecule has 1 atom stereocenters. The maximum Gasteiger partial charge on any atom is 0.404 e. The normalized spacial score (nSPS) is 14.8. The molecule has 2 amide bonds. The minimum atomic E-state index is -1.20. The molecule has 1 aromatic carbocycles. The third-order valence-corrected chi connectivity index (χ3v) is 6.17. The molecular formula is C20H21BrN4O5. The number of oxazole rings is 1. The predicted molar refractivity (Wildman–Crippen MR) is 115 cm³/mol. The Labute approximate surface area is 179 Å². The summed E-state index contributed by atoms with van der Waals surface area (Å²) < 4.78 is 8.57. The van der Waals surface area contributed by atoms with E-state index in [-0.39, 0.29) is 35.5 Å². The zero-order valence-electron chi connectivity index (χ0n) is 16.7. The molecule has 0 spiro atoms. The van der Waals surface area contributed by atoms with Gasteiger partial charge in [0.05, 0.1) is 5.52 Å². The van der Waals surface area contributed by atoms with Gasteiger partial charge in [-0.05, 0) is 44.4 Å². The number of carbonyl (C=O) groups excluding carboxylic acids is 1. The van der Waals surface area contributed by atoms with Gasteiger partial charge in [0.25, 0.3) is 5.56 Å². The molecule has 2 heterocycles.